The maximum absolute atomic E-state index is 12.9. The van der Waals surface area contributed by atoms with Crippen molar-refractivity contribution < 1.29 is 18.8 Å². The first-order valence-corrected chi connectivity index (χ1v) is 9.39. The summed E-state index contributed by atoms with van der Waals surface area (Å²) in [6.07, 6.45) is 2.92. The van der Waals surface area contributed by atoms with Crippen LogP contribution in [0.15, 0.2) is 71.0 Å². The summed E-state index contributed by atoms with van der Waals surface area (Å²) in [6, 6.07) is 15.3. The molecule has 3 rings (SSSR count). The minimum absolute atomic E-state index is 0.0152. The highest BCUT2D eigenvalue weighted by Crippen LogP contribution is 2.15. The van der Waals surface area contributed by atoms with Gasteiger partial charge in [0.05, 0.1) is 6.26 Å². The fourth-order valence-corrected chi connectivity index (χ4v) is 2.77. The van der Waals surface area contributed by atoms with Gasteiger partial charge in [-0.25, -0.2) is 0 Å². The Hall–Kier alpha value is -3.93. The van der Waals surface area contributed by atoms with Gasteiger partial charge >= 0.3 is 0 Å². The fourth-order valence-electron chi connectivity index (χ4n) is 2.77. The lowest BCUT2D eigenvalue weighted by molar-refractivity contribution is -0.113. The zero-order chi connectivity index (χ0) is 21.7. The Kier molecular flexibility index (Phi) is 6.27. The van der Waals surface area contributed by atoms with Gasteiger partial charge in [-0.2, -0.15) is 0 Å². The van der Waals surface area contributed by atoms with Crippen LogP contribution in [0.5, 0.6) is 0 Å². The van der Waals surface area contributed by atoms with Gasteiger partial charge < -0.3 is 15.1 Å². The second kappa shape index (κ2) is 9.05. The summed E-state index contributed by atoms with van der Waals surface area (Å²) in [7, 11) is 0. The van der Waals surface area contributed by atoms with E-state index in [0.717, 1.165) is 11.1 Å². The molecule has 2 N–H and O–H groups in total. The number of aryl methyl sites for hydroxylation is 2. The van der Waals surface area contributed by atoms with Crippen LogP contribution >= 0.6 is 0 Å². The van der Waals surface area contributed by atoms with Crippen LogP contribution in [0, 0.1) is 13.8 Å². The Morgan fingerprint density at radius 1 is 0.900 bits per heavy atom. The first-order chi connectivity index (χ1) is 14.3. The quantitative estimate of drug-likeness (QED) is 0.469. The summed E-state index contributed by atoms with van der Waals surface area (Å²) in [4.78, 5) is 37.2. The summed E-state index contributed by atoms with van der Waals surface area (Å²) in [5, 5.41) is 5.37. The molecule has 0 fully saturated rings. The summed E-state index contributed by atoms with van der Waals surface area (Å²) in [5.41, 5.74) is 3.42. The Morgan fingerprint density at radius 2 is 1.70 bits per heavy atom. The number of benzene rings is 2. The molecule has 6 nitrogen and oxygen atoms in total. The lowest BCUT2D eigenvalue weighted by atomic mass is 10.1. The number of carbonyl (C=O) groups is 3. The van der Waals surface area contributed by atoms with Gasteiger partial charge in [0.25, 0.3) is 11.8 Å². The molecule has 6 heteroatoms. The molecule has 1 heterocycles. The maximum Gasteiger partial charge on any atom is 0.272 e. The van der Waals surface area contributed by atoms with Crippen molar-refractivity contribution in [3.05, 3.63) is 94.6 Å². The van der Waals surface area contributed by atoms with E-state index in [-0.39, 0.29) is 11.5 Å². The van der Waals surface area contributed by atoms with E-state index in [4.69, 9.17) is 4.42 Å². The van der Waals surface area contributed by atoms with E-state index in [1.807, 2.05) is 19.9 Å². The number of ketones is 1. The summed E-state index contributed by atoms with van der Waals surface area (Å²) in [5.74, 6) is -0.647. The number of anilines is 1. The molecular formula is C24H22N2O4. The maximum atomic E-state index is 12.9. The van der Waals surface area contributed by atoms with Crippen molar-refractivity contribution in [2.24, 2.45) is 0 Å². The standard InChI is InChI=1S/C24H22N2O4/c1-15-9-10-19(12-16(15)2)23(28)26-22(14-21-8-5-11-30-21)24(29)25-20-7-4-6-18(13-20)17(3)27/h4-14H,1-3H3,(H,25,29)(H,26,28). The Labute approximate surface area is 174 Å². The van der Waals surface area contributed by atoms with Gasteiger partial charge in [0.15, 0.2) is 5.78 Å². The number of amides is 2. The number of hydrogen-bond donors (Lipinski definition) is 2. The van der Waals surface area contributed by atoms with Crippen LogP contribution in [0.1, 0.15) is 44.5 Å². The van der Waals surface area contributed by atoms with Crippen LogP contribution in [0.4, 0.5) is 5.69 Å². The Bertz CT molecular complexity index is 1130. The second-order valence-corrected chi connectivity index (χ2v) is 6.92. The average molecular weight is 402 g/mol. The van der Waals surface area contributed by atoms with Crippen LogP contribution in [0.25, 0.3) is 6.08 Å². The van der Waals surface area contributed by atoms with E-state index in [1.54, 1.807) is 48.5 Å². The molecule has 0 aliphatic rings. The molecule has 0 radical (unpaired) electrons. The molecule has 0 saturated heterocycles. The predicted octanol–water partition coefficient (Wildman–Crippen LogP) is 4.51. The molecule has 152 valence electrons. The molecule has 2 amide bonds. The molecule has 0 aliphatic carbocycles. The first kappa shape index (κ1) is 20.8. The van der Waals surface area contributed by atoms with E-state index >= 15 is 0 Å². The largest absolute Gasteiger partial charge is 0.465 e. The molecule has 0 bridgehead atoms. The van der Waals surface area contributed by atoms with Gasteiger partial charge in [-0.1, -0.05) is 18.2 Å². The highest BCUT2D eigenvalue weighted by Gasteiger charge is 2.16. The van der Waals surface area contributed by atoms with Crippen molar-refractivity contribution in [3.63, 3.8) is 0 Å². The zero-order valence-electron chi connectivity index (χ0n) is 17.0. The molecule has 0 atom stereocenters. The SMILES string of the molecule is CC(=O)c1cccc(NC(=O)C(=Cc2ccco2)NC(=O)c2ccc(C)c(C)c2)c1. The summed E-state index contributed by atoms with van der Waals surface area (Å²) >= 11 is 0. The van der Waals surface area contributed by atoms with Crippen LogP contribution in [0.3, 0.4) is 0 Å². The van der Waals surface area contributed by atoms with Crippen molar-refractivity contribution in [1.82, 2.24) is 5.32 Å². The molecular weight excluding hydrogens is 380 g/mol. The van der Waals surface area contributed by atoms with Crippen LogP contribution < -0.4 is 10.6 Å². The van der Waals surface area contributed by atoms with Crippen molar-refractivity contribution in [2.75, 3.05) is 5.32 Å². The number of nitrogens with one attached hydrogen (secondary N) is 2. The lowest BCUT2D eigenvalue weighted by Gasteiger charge is -2.12. The van der Waals surface area contributed by atoms with E-state index in [1.165, 1.54) is 19.3 Å². The highest BCUT2D eigenvalue weighted by atomic mass is 16.3. The number of rotatable bonds is 6. The van der Waals surface area contributed by atoms with E-state index in [0.29, 0.717) is 22.6 Å². The minimum Gasteiger partial charge on any atom is -0.465 e. The van der Waals surface area contributed by atoms with Crippen LogP contribution in [-0.2, 0) is 4.79 Å². The minimum atomic E-state index is -0.538. The van der Waals surface area contributed by atoms with Gasteiger partial charge in [0, 0.05) is 22.9 Å². The van der Waals surface area contributed by atoms with Crippen LogP contribution in [0.2, 0.25) is 0 Å². The zero-order valence-corrected chi connectivity index (χ0v) is 17.0. The van der Waals surface area contributed by atoms with Gasteiger partial charge in [-0.15, -0.1) is 0 Å². The molecule has 0 spiro atoms. The predicted molar refractivity (Wildman–Crippen MR) is 115 cm³/mol. The molecule has 3 aromatic rings. The number of hydrogen-bond acceptors (Lipinski definition) is 4. The van der Waals surface area contributed by atoms with Crippen molar-refractivity contribution >= 4 is 29.4 Å². The van der Waals surface area contributed by atoms with E-state index < -0.39 is 11.8 Å². The molecule has 1 aromatic heterocycles. The molecule has 0 aliphatic heterocycles. The summed E-state index contributed by atoms with van der Waals surface area (Å²) < 4.78 is 5.28. The van der Waals surface area contributed by atoms with Gasteiger partial charge in [0.2, 0.25) is 0 Å². The number of furan rings is 1. The topological polar surface area (TPSA) is 88.4 Å². The molecule has 2 aromatic carbocycles. The fraction of sp³-hybridized carbons (Fsp3) is 0.125. The third kappa shape index (κ3) is 5.11. The van der Waals surface area contributed by atoms with E-state index in [9.17, 15) is 14.4 Å². The third-order valence-corrected chi connectivity index (χ3v) is 4.62. The second-order valence-electron chi connectivity index (χ2n) is 6.92. The van der Waals surface area contributed by atoms with Crippen LogP contribution in [-0.4, -0.2) is 17.6 Å². The van der Waals surface area contributed by atoms with Gasteiger partial charge in [0.1, 0.15) is 11.5 Å². The first-order valence-electron chi connectivity index (χ1n) is 9.39. The Morgan fingerprint density at radius 3 is 2.37 bits per heavy atom. The number of carbonyl (C=O) groups excluding carboxylic acids is 3. The van der Waals surface area contributed by atoms with Gasteiger partial charge in [-0.3, -0.25) is 14.4 Å². The van der Waals surface area contributed by atoms with E-state index in [2.05, 4.69) is 10.6 Å². The van der Waals surface area contributed by atoms with Crippen molar-refractivity contribution in [3.8, 4) is 0 Å². The smallest absolute Gasteiger partial charge is 0.272 e. The third-order valence-electron chi connectivity index (χ3n) is 4.62. The number of Topliss-reactive ketones (excluding diaryl/α,β-unsaturated/α-hetero) is 1. The van der Waals surface area contributed by atoms with Gasteiger partial charge in [-0.05, 0) is 68.3 Å². The molecule has 0 saturated carbocycles. The van der Waals surface area contributed by atoms with Crippen molar-refractivity contribution in [1.29, 1.82) is 0 Å². The molecule has 30 heavy (non-hydrogen) atoms. The summed E-state index contributed by atoms with van der Waals surface area (Å²) in [6.45, 7) is 5.33. The average Bonchev–Trinajstić information content (AvgIpc) is 3.22. The molecule has 0 unspecified atom stereocenters. The monoisotopic (exact) mass is 402 g/mol. The normalized spacial score (nSPS) is 11.1. The highest BCUT2D eigenvalue weighted by molar-refractivity contribution is 6.10. The lowest BCUT2D eigenvalue weighted by Crippen LogP contribution is -2.30. The van der Waals surface area contributed by atoms with Crippen molar-refractivity contribution in [2.45, 2.75) is 20.8 Å². The Balaban J connectivity index is 1.86.